The van der Waals surface area contributed by atoms with Crippen LogP contribution in [0.1, 0.15) is 43.7 Å². The van der Waals surface area contributed by atoms with Crippen molar-refractivity contribution in [2.24, 2.45) is 5.92 Å². The van der Waals surface area contributed by atoms with Crippen LogP contribution in [0.15, 0.2) is 48.5 Å². The van der Waals surface area contributed by atoms with Gasteiger partial charge in [0.2, 0.25) is 0 Å². The van der Waals surface area contributed by atoms with Crippen LogP contribution in [0.5, 0.6) is 5.75 Å². The molecule has 2 aromatic rings. The summed E-state index contributed by atoms with van der Waals surface area (Å²) < 4.78 is 10.5. The van der Waals surface area contributed by atoms with Gasteiger partial charge in [0.1, 0.15) is 5.75 Å². The molecule has 0 bridgehead atoms. The van der Waals surface area contributed by atoms with Crippen LogP contribution >= 0.6 is 11.6 Å². The number of rotatable bonds is 11. The highest BCUT2D eigenvalue weighted by molar-refractivity contribution is 6.30. The van der Waals surface area contributed by atoms with Gasteiger partial charge in [0, 0.05) is 23.1 Å². The quantitative estimate of drug-likeness (QED) is 0.388. The molecule has 4 nitrogen and oxygen atoms in total. The fraction of sp³-hybridized carbons (Fsp3) is 0.391. The Morgan fingerprint density at radius 1 is 1.04 bits per heavy atom. The Bertz CT molecular complexity index is 756. The molecule has 150 valence electrons. The molecule has 0 fully saturated rings. The number of hydrogen-bond donors (Lipinski definition) is 1. The van der Waals surface area contributed by atoms with E-state index >= 15 is 0 Å². The zero-order chi connectivity index (χ0) is 20.4. The number of hydrogen-bond acceptors (Lipinski definition) is 4. The van der Waals surface area contributed by atoms with E-state index in [4.69, 9.17) is 21.7 Å². The van der Waals surface area contributed by atoms with E-state index in [1.165, 1.54) is 18.2 Å². The second-order valence-electron chi connectivity index (χ2n) is 6.82. The number of carbonyl (C=O) groups excluding carboxylic acids is 1. The van der Waals surface area contributed by atoms with Crippen molar-refractivity contribution in [3.8, 4) is 5.75 Å². The first kappa shape index (κ1) is 22.0. The molecule has 1 atom stereocenters. The zero-order valence-electron chi connectivity index (χ0n) is 16.5. The Hall–Kier alpha value is -2.33. The Balaban J connectivity index is 1.81. The molecule has 0 aliphatic heterocycles. The van der Waals surface area contributed by atoms with Crippen molar-refractivity contribution in [2.75, 3.05) is 13.7 Å². The van der Waals surface area contributed by atoms with Gasteiger partial charge in [-0.1, -0.05) is 42.8 Å². The van der Waals surface area contributed by atoms with E-state index in [0.717, 1.165) is 23.6 Å². The van der Waals surface area contributed by atoms with E-state index in [1.54, 1.807) is 0 Å². The Labute approximate surface area is 172 Å². The number of esters is 1. The van der Waals surface area contributed by atoms with Gasteiger partial charge < -0.3 is 14.9 Å². The van der Waals surface area contributed by atoms with Crippen LogP contribution in [0.25, 0.3) is 0 Å². The Morgan fingerprint density at radius 2 is 1.64 bits per heavy atom. The minimum Gasteiger partial charge on any atom is -0.493 e. The van der Waals surface area contributed by atoms with Gasteiger partial charge in [0.25, 0.3) is 0 Å². The van der Waals surface area contributed by atoms with Gasteiger partial charge in [-0.3, -0.25) is 4.79 Å². The largest absolute Gasteiger partial charge is 0.493 e. The minimum atomic E-state index is -0.226. The highest BCUT2D eigenvalue weighted by Gasteiger charge is 2.14. The van der Waals surface area contributed by atoms with Crippen LogP contribution in [0.2, 0.25) is 5.02 Å². The first-order chi connectivity index (χ1) is 13.5. The second-order valence-corrected chi connectivity index (χ2v) is 7.25. The van der Waals surface area contributed by atoms with Gasteiger partial charge in [-0.05, 0) is 61.1 Å². The SMILES string of the molecule is CC[C@H](COc1ccc(Cc2ccc(Cl)cc2)cc1)C(=N)CCCC(=O)OC. The van der Waals surface area contributed by atoms with Crippen molar-refractivity contribution in [1.29, 1.82) is 5.41 Å². The molecule has 0 radical (unpaired) electrons. The topological polar surface area (TPSA) is 59.4 Å². The fourth-order valence-electron chi connectivity index (χ4n) is 2.93. The zero-order valence-corrected chi connectivity index (χ0v) is 17.3. The predicted molar refractivity (Wildman–Crippen MR) is 114 cm³/mol. The summed E-state index contributed by atoms with van der Waals surface area (Å²) in [4.78, 5) is 11.2. The molecule has 2 rings (SSSR count). The lowest BCUT2D eigenvalue weighted by Crippen LogP contribution is -2.21. The lowest BCUT2D eigenvalue weighted by Gasteiger charge is -2.17. The van der Waals surface area contributed by atoms with Crippen LogP contribution in [-0.2, 0) is 16.0 Å². The van der Waals surface area contributed by atoms with Gasteiger partial charge in [-0.25, -0.2) is 0 Å². The molecular weight excluding hydrogens is 374 g/mol. The molecule has 0 saturated heterocycles. The van der Waals surface area contributed by atoms with Crippen LogP contribution in [-0.4, -0.2) is 25.4 Å². The smallest absolute Gasteiger partial charge is 0.305 e. The fourth-order valence-corrected chi connectivity index (χ4v) is 3.06. The number of carbonyl (C=O) groups is 1. The van der Waals surface area contributed by atoms with Crippen LogP contribution in [0.3, 0.4) is 0 Å². The first-order valence-corrected chi connectivity index (χ1v) is 10.00. The maximum atomic E-state index is 11.2. The van der Waals surface area contributed by atoms with Gasteiger partial charge in [0.15, 0.2) is 0 Å². The third-order valence-corrected chi connectivity index (χ3v) is 4.99. The van der Waals surface area contributed by atoms with Gasteiger partial charge in [-0.2, -0.15) is 0 Å². The average Bonchev–Trinajstić information content (AvgIpc) is 2.71. The average molecular weight is 402 g/mol. The van der Waals surface area contributed by atoms with Gasteiger partial charge in [-0.15, -0.1) is 0 Å². The molecule has 28 heavy (non-hydrogen) atoms. The standard InChI is InChI=1S/C23H28ClNO3/c1-3-19(22(25)5-4-6-23(26)27-2)16-28-21-13-9-18(10-14-21)15-17-7-11-20(24)12-8-17/h7-14,19,25H,3-6,15-16H2,1-2H3/t19-/m1/s1. The number of nitrogens with one attached hydrogen (secondary N) is 1. The first-order valence-electron chi connectivity index (χ1n) is 9.62. The third kappa shape index (κ3) is 7.35. The van der Waals surface area contributed by atoms with Gasteiger partial charge in [0.05, 0.1) is 13.7 Å². The maximum absolute atomic E-state index is 11.2. The Morgan fingerprint density at radius 3 is 2.21 bits per heavy atom. The normalized spacial score (nSPS) is 11.7. The summed E-state index contributed by atoms with van der Waals surface area (Å²) in [5, 5.41) is 8.99. The molecule has 2 aromatic carbocycles. The highest BCUT2D eigenvalue weighted by Crippen LogP contribution is 2.19. The van der Waals surface area contributed by atoms with Crippen molar-refractivity contribution in [1.82, 2.24) is 0 Å². The van der Waals surface area contributed by atoms with E-state index in [0.29, 0.717) is 31.6 Å². The highest BCUT2D eigenvalue weighted by atomic mass is 35.5. The maximum Gasteiger partial charge on any atom is 0.305 e. The van der Waals surface area contributed by atoms with Crippen molar-refractivity contribution in [3.63, 3.8) is 0 Å². The van der Waals surface area contributed by atoms with Crippen LogP contribution in [0.4, 0.5) is 0 Å². The summed E-state index contributed by atoms with van der Waals surface area (Å²) in [5.74, 6) is 0.642. The summed E-state index contributed by atoms with van der Waals surface area (Å²) >= 11 is 5.93. The van der Waals surface area contributed by atoms with E-state index < -0.39 is 0 Å². The van der Waals surface area contributed by atoms with E-state index in [9.17, 15) is 4.79 Å². The molecule has 0 spiro atoms. The molecule has 0 heterocycles. The molecule has 0 saturated carbocycles. The molecule has 0 aliphatic carbocycles. The lowest BCUT2D eigenvalue weighted by atomic mass is 9.97. The van der Waals surface area contributed by atoms with Crippen LogP contribution in [0, 0.1) is 11.3 Å². The summed E-state index contributed by atoms with van der Waals surface area (Å²) in [5.41, 5.74) is 3.05. The molecular formula is C23H28ClNO3. The van der Waals surface area contributed by atoms with E-state index in [2.05, 4.69) is 23.8 Å². The Kier molecular flexibility index (Phi) is 9.02. The second kappa shape index (κ2) is 11.5. The summed E-state index contributed by atoms with van der Waals surface area (Å²) in [6.07, 6.45) is 3.27. The van der Waals surface area contributed by atoms with Crippen molar-refractivity contribution < 1.29 is 14.3 Å². The molecule has 0 aromatic heterocycles. The molecule has 0 aliphatic rings. The summed E-state index contributed by atoms with van der Waals surface area (Å²) in [6, 6.07) is 15.9. The van der Waals surface area contributed by atoms with E-state index in [1.807, 2.05) is 36.4 Å². The molecule has 1 N–H and O–H groups in total. The van der Waals surface area contributed by atoms with Crippen molar-refractivity contribution in [3.05, 3.63) is 64.7 Å². The van der Waals surface area contributed by atoms with Crippen molar-refractivity contribution in [2.45, 2.75) is 39.0 Å². The summed E-state index contributed by atoms with van der Waals surface area (Å²) in [7, 11) is 1.39. The number of halogens is 1. The number of methoxy groups -OCH3 is 1. The monoisotopic (exact) mass is 401 g/mol. The lowest BCUT2D eigenvalue weighted by molar-refractivity contribution is -0.140. The predicted octanol–water partition coefficient (Wildman–Crippen LogP) is 5.70. The van der Waals surface area contributed by atoms with Crippen LogP contribution < -0.4 is 4.74 Å². The van der Waals surface area contributed by atoms with E-state index in [-0.39, 0.29) is 11.9 Å². The molecule has 5 heteroatoms. The minimum absolute atomic E-state index is 0.0615. The summed E-state index contributed by atoms with van der Waals surface area (Å²) in [6.45, 7) is 2.53. The van der Waals surface area contributed by atoms with Gasteiger partial charge >= 0.3 is 5.97 Å². The molecule has 0 amide bonds. The molecule has 0 unspecified atom stereocenters. The number of benzene rings is 2. The third-order valence-electron chi connectivity index (χ3n) is 4.74. The van der Waals surface area contributed by atoms with Crippen molar-refractivity contribution >= 4 is 23.3 Å². The number of ether oxygens (including phenoxy) is 2.